The van der Waals surface area contributed by atoms with E-state index in [9.17, 15) is 9.59 Å². The second kappa shape index (κ2) is 6.77. The Morgan fingerprint density at radius 1 is 1.12 bits per heavy atom. The summed E-state index contributed by atoms with van der Waals surface area (Å²) in [4.78, 5) is 28.3. The Morgan fingerprint density at radius 3 is 2.81 bits per heavy atom. The first-order valence-electron chi connectivity index (χ1n) is 7.63. The molecule has 132 valence electrons. The summed E-state index contributed by atoms with van der Waals surface area (Å²) in [6.45, 7) is 1.64. The summed E-state index contributed by atoms with van der Waals surface area (Å²) in [6, 6.07) is 8.96. The van der Waals surface area contributed by atoms with Crippen LogP contribution in [0.25, 0.3) is 11.3 Å². The van der Waals surface area contributed by atoms with Crippen LogP contribution in [0.2, 0.25) is 0 Å². The van der Waals surface area contributed by atoms with Gasteiger partial charge in [-0.05, 0) is 30.3 Å². The molecule has 2 amide bonds. The fraction of sp³-hybridized carbons (Fsp3) is 0.118. The number of fused-ring (bicyclic) bond motifs is 1. The number of carbonyl (C=O) groups excluding carboxylic acids is 2. The number of aromatic nitrogens is 1. The summed E-state index contributed by atoms with van der Waals surface area (Å²) >= 11 is 2.55. The maximum absolute atomic E-state index is 12.3. The summed E-state index contributed by atoms with van der Waals surface area (Å²) in [5.41, 5.74) is 1.63. The lowest BCUT2D eigenvalue weighted by Gasteiger charge is -2.00. The summed E-state index contributed by atoms with van der Waals surface area (Å²) < 4.78 is 10.7. The minimum absolute atomic E-state index is 0.174. The van der Waals surface area contributed by atoms with Gasteiger partial charge in [-0.3, -0.25) is 14.9 Å². The first-order chi connectivity index (χ1) is 12.6. The Labute approximate surface area is 156 Å². The molecule has 0 aliphatic carbocycles. The second-order valence-corrected chi connectivity index (χ2v) is 7.35. The van der Waals surface area contributed by atoms with Crippen molar-refractivity contribution in [3.63, 3.8) is 0 Å². The molecule has 0 unspecified atom stereocenters. The van der Waals surface area contributed by atoms with Crippen molar-refractivity contribution in [2.75, 3.05) is 17.4 Å². The maximum atomic E-state index is 12.3. The highest BCUT2D eigenvalue weighted by molar-refractivity contribution is 7.18. The summed E-state index contributed by atoms with van der Waals surface area (Å²) in [6.07, 6.45) is 0. The number of hydrogen-bond acceptors (Lipinski definition) is 7. The largest absolute Gasteiger partial charge is 0.454 e. The topological polar surface area (TPSA) is 89.6 Å². The van der Waals surface area contributed by atoms with E-state index >= 15 is 0 Å². The molecule has 2 aromatic heterocycles. The van der Waals surface area contributed by atoms with Gasteiger partial charge in [-0.15, -0.1) is 22.7 Å². The minimum Gasteiger partial charge on any atom is -0.454 e. The highest BCUT2D eigenvalue weighted by Gasteiger charge is 2.16. The van der Waals surface area contributed by atoms with E-state index in [-0.39, 0.29) is 18.6 Å². The highest BCUT2D eigenvalue weighted by atomic mass is 32.1. The van der Waals surface area contributed by atoms with Crippen molar-refractivity contribution in [3.05, 3.63) is 40.6 Å². The van der Waals surface area contributed by atoms with Crippen LogP contribution in [0, 0.1) is 0 Å². The summed E-state index contributed by atoms with van der Waals surface area (Å²) in [7, 11) is 0. The molecule has 2 N–H and O–H groups in total. The van der Waals surface area contributed by atoms with Crippen molar-refractivity contribution in [1.29, 1.82) is 0 Å². The molecule has 0 fully saturated rings. The van der Waals surface area contributed by atoms with E-state index in [1.54, 1.807) is 12.1 Å². The van der Waals surface area contributed by atoms with E-state index in [0.717, 1.165) is 11.3 Å². The molecule has 0 saturated heterocycles. The van der Waals surface area contributed by atoms with Crippen LogP contribution in [-0.4, -0.2) is 23.6 Å². The average molecular weight is 387 g/mol. The fourth-order valence-electron chi connectivity index (χ4n) is 2.38. The van der Waals surface area contributed by atoms with Crippen LogP contribution >= 0.6 is 22.7 Å². The van der Waals surface area contributed by atoms with Crippen LogP contribution in [0.15, 0.2) is 35.7 Å². The number of thiazole rings is 1. The van der Waals surface area contributed by atoms with Crippen molar-refractivity contribution in [3.8, 4) is 22.8 Å². The molecule has 1 aliphatic heterocycles. The monoisotopic (exact) mass is 387 g/mol. The van der Waals surface area contributed by atoms with Crippen LogP contribution < -0.4 is 20.1 Å². The van der Waals surface area contributed by atoms with E-state index in [1.807, 2.05) is 23.6 Å². The molecule has 0 saturated carbocycles. The Morgan fingerprint density at radius 2 is 1.96 bits per heavy atom. The predicted molar refractivity (Wildman–Crippen MR) is 100 cm³/mol. The smallest absolute Gasteiger partial charge is 0.267 e. The summed E-state index contributed by atoms with van der Waals surface area (Å²) in [5.74, 6) is 0.959. The van der Waals surface area contributed by atoms with Crippen molar-refractivity contribution in [1.82, 2.24) is 4.98 Å². The number of nitrogens with zero attached hydrogens (tertiary/aromatic N) is 1. The van der Waals surface area contributed by atoms with Gasteiger partial charge in [0.15, 0.2) is 16.6 Å². The molecular weight excluding hydrogens is 374 g/mol. The van der Waals surface area contributed by atoms with E-state index in [4.69, 9.17) is 9.47 Å². The molecule has 1 aromatic carbocycles. The number of thiophene rings is 1. The first kappa shape index (κ1) is 16.6. The summed E-state index contributed by atoms with van der Waals surface area (Å²) in [5, 5.41) is 8.42. The van der Waals surface area contributed by atoms with Gasteiger partial charge >= 0.3 is 0 Å². The Kier molecular flexibility index (Phi) is 4.31. The van der Waals surface area contributed by atoms with Crippen molar-refractivity contribution >= 4 is 44.6 Å². The van der Waals surface area contributed by atoms with E-state index in [0.29, 0.717) is 26.5 Å². The maximum Gasteiger partial charge on any atom is 0.267 e. The van der Waals surface area contributed by atoms with Crippen molar-refractivity contribution in [2.45, 2.75) is 6.92 Å². The molecule has 1 aliphatic rings. The normalized spacial score (nSPS) is 12.0. The third-order valence-corrected chi connectivity index (χ3v) is 5.28. The number of hydrogen-bond donors (Lipinski definition) is 2. The number of nitrogens with one attached hydrogen (secondary N) is 2. The third-order valence-electron chi connectivity index (χ3n) is 3.52. The lowest BCUT2D eigenvalue weighted by atomic mass is 10.1. The standard InChI is InChI=1S/C17H13N3O4S2/c1-9(21)18-15-5-4-14(26-15)16(22)20-17-19-11(7-25-17)10-2-3-12-13(6-10)24-8-23-12/h2-7H,8H2,1H3,(H,18,21)(H,19,20,22). The van der Waals surface area contributed by atoms with E-state index in [1.165, 1.54) is 29.6 Å². The fourth-order valence-corrected chi connectivity index (χ4v) is 3.94. The number of carbonyl (C=O) groups is 2. The quantitative estimate of drug-likeness (QED) is 0.710. The molecule has 7 nitrogen and oxygen atoms in total. The Balaban J connectivity index is 1.47. The zero-order chi connectivity index (χ0) is 18.1. The number of anilines is 2. The van der Waals surface area contributed by atoms with Gasteiger partial charge in [-0.1, -0.05) is 0 Å². The predicted octanol–water partition coefficient (Wildman–Crippen LogP) is 3.81. The molecule has 26 heavy (non-hydrogen) atoms. The molecular formula is C17H13N3O4S2. The van der Waals surface area contributed by atoms with Crippen LogP contribution in [0.5, 0.6) is 11.5 Å². The van der Waals surface area contributed by atoms with Crippen LogP contribution in [0.1, 0.15) is 16.6 Å². The molecule has 3 heterocycles. The van der Waals surface area contributed by atoms with Gasteiger partial charge in [0.05, 0.1) is 15.6 Å². The van der Waals surface area contributed by atoms with Crippen LogP contribution in [0.4, 0.5) is 10.1 Å². The highest BCUT2D eigenvalue weighted by Crippen LogP contribution is 2.36. The van der Waals surface area contributed by atoms with Gasteiger partial charge in [-0.2, -0.15) is 0 Å². The molecule has 0 spiro atoms. The zero-order valence-electron chi connectivity index (χ0n) is 13.6. The van der Waals surface area contributed by atoms with Gasteiger partial charge in [0, 0.05) is 17.9 Å². The average Bonchev–Trinajstić information content (AvgIpc) is 3.33. The van der Waals surface area contributed by atoms with Gasteiger partial charge in [-0.25, -0.2) is 4.98 Å². The van der Waals surface area contributed by atoms with Crippen molar-refractivity contribution < 1.29 is 19.1 Å². The molecule has 3 aromatic rings. The SMILES string of the molecule is CC(=O)Nc1ccc(C(=O)Nc2nc(-c3ccc4c(c3)OCO4)cs2)s1. The molecule has 0 bridgehead atoms. The molecule has 4 rings (SSSR count). The second-order valence-electron chi connectivity index (χ2n) is 5.41. The molecule has 0 atom stereocenters. The molecule has 9 heteroatoms. The van der Waals surface area contributed by atoms with E-state index < -0.39 is 0 Å². The zero-order valence-corrected chi connectivity index (χ0v) is 15.2. The van der Waals surface area contributed by atoms with Crippen molar-refractivity contribution in [2.24, 2.45) is 0 Å². The Hall–Kier alpha value is -2.91. The lowest BCUT2D eigenvalue weighted by Crippen LogP contribution is -2.09. The molecule has 0 radical (unpaired) electrons. The van der Waals surface area contributed by atoms with Gasteiger partial charge in [0.1, 0.15) is 0 Å². The van der Waals surface area contributed by atoms with Gasteiger partial charge < -0.3 is 14.8 Å². The first-order valence-corrected chi connectivity index (χ1v) is 9.32. The number of ether oxygens (including phenoxy) is 2. The number of rotatable bonds is 4. The van der Waals surface area contributed by atoms with E-state index in [2.05, 4.69) is 15.6 Å². The Bertz CT molecular complexity index is 996. The minimum atomic E-state index is -0.266. The van der Waals surface area contributed by atoms with Crippen LogP contribution in [-0.2, 0) is 4.79 Å². The van der Waals surface area contributed by atoms with Crippen LogP contribution in [0.3, 0.4) is 0 Å². The van der Waals surface area contributed by atoms with Gasteiger partial charge in [0.25, 0.3) is 5.91 Å². The number of amides is 2. The lowest BCUT2D eigenvalue weighted by molar-refractivity contribution is -0.114. The third kappa shape index (κ3) is 3.39. The number of benzene rings is 1. The van der Waals surface area contributed by atoms with Gasteiger partial charge in [0.2, 0.25) is 12.7 Å².